The zero-order valence-corrected chi connectivity index (χ0v) is 17.3. The van der Waals surface area contributed by atoms with E-state index in [1.807, 2.05) is 54.6 Å². The van der Waals surface area contributed by atoms with Crippen LogP contribution in [0, 0.1) is 0 Å². The summed E-state index contributed by atoms with van der Waals surface area (Å²) in [6.07, 6.45) is 0.377. The predicted molar refractivity (Wildman–Crippen MR) is 116 cm³/mol. The molecule has 0 heterocycles. The average Bonchev–Trinajstić information content (AvgIpc) is 2.69. The fraction of sp³-hybridized carbons (Fsp3) is 0.136. The van der Waals surface area contributed by atoms with E-state index in [2.05, 4.69) is 22.0 Å². The Kier molecular flexibility index (Phi) is 6.58. The van der Waals surface area contributed by atoms with Crippen LogP contribution in [0.5, 0.6) is 5.75 Å². The minimum absolute atomic E-state index is 0.0400. The highest BCUT2D eigenvalue weighted by Gasteiger charge is 2.20. The Morgan fingerprint density at radius 3 is 2.48 bits per heavy atom. The van der Waals surface area contributed by atoms with E-state index in [-0.39, 0.29) is 11.0 Å². The predicted octanol–water partition coefficient (Wildman–Crippen LogP) is 6.15. The van der Waals surface area contributed by atoms with Crippen LogP contribution in [0.25, 0.3) is 0 Å². The number of para-hydroxylation sites is 1. The molecule has 138 valence electrons. The molecular formula is C22H20BrNO2S. The molecule has 27 heavy (non-hydrogen) atoms. The molecule has 0 fully saturated rings. The third-order valence-electron chi connectivity index (χ3n) is 4.19. The Hall–Kier alpha value is -2.24. The first-order valence-electron chi connectivity index (χ1n) is 8.50. The molecule has 3 aromatic carbocycles. The first-order valence-corrected chi connectivity index (χ1v) is 10.2. The van der Waals surface area contributed by atoms with Crippen molar-refractivity contribution >= 4 is 39.2 Å². The quantitative estimate of drug-likeness (QED) is 0.271. The summed E-state index contributed by atoms with van der Waals surface area (Å²) in [4.78, 5) is 13.9. The van der Waals surface area contributed by atoms with Crippen molar-refractivity contribution in [2.24, 2.45) is 0 Å². The highest BCUT2D eigenvalue weighted by molar-refractivity contribution is 9.10. The number of hydrogen-bond donors (Lipinski definition) is 1. The molecule has 0 amide bonds. The summed E-state index contributed by atoms with van der Waals surface area (Å²) >= 11 is 5.14. The number of nitrogens with two attached hydrogens (primary N) is 1. The van der Waals surface area contributed by atoms with E-state index in [1.165, 1.54) is 0 Å². The van der Waals surface area contributed by atoms with Crippen LogP contribution in [0.2, 0.25) is 0 Å². The number of halogens is 1. The Morgan fingerprint density at radius 2 is 1.81 bits per heavy atom. The number of rotatable bonds is 7. The van der Waals surface area contributed by atoms with Gasteiger partial charge in [0.05, 0.1) is 7.11 Å². The van der Waals surface area contributed by atoms with Gasteiger partial charge in [-0.15, -0.1) is 11.8 Å². The molecule has 0 aliphatic carbocycles. The molecule has 1 unspecified atom stereocenters. The number of thioether (sulfide) groups is 1. The van der Waals surface area contributed by atoms with Crippen molar-refractivity contribution in [2.45, 2.75) is 16.6 Å². The maximum atomic E-state index is 12.9. The van der Waals surface area contributed by atoms with Gasteiger partial charge in [-0.1, -0.05) is 40.2 Å². The van der Waals surface area contributed by atoms with Crippen LogP contribution in [0.3, 0.4) is 0 Å². The van der Waals surface area contributed by atoms with E-state index in [0.717, 1.165) is 26.4 Å². The van der Waals surface area contributed by atoms with Crippen LogP contribution in [0.15, 0.2) is 82.2 Å². The Bertz CT molecular complexity index is 928. The van der Waals surface area contributed by atoms with Crippen LogP contribution < -0.4 is 10.5 Å². The van der Waals surface area contributed by atoms with Crippen molar-refractivity contribution in [3.05, 3.63) is 88.4 Å². The van der Waals surface area contributed by atoms with Gasteiger partial charge < -0.3 is 10.5 Å². The van der Waals surface area contributed by atoms with Gasteiger partial charge in [0.2, 0.25) is 0 Å². The molecule has 0 saturated carbocycles. The van der Waals surface area contributed by atoms with Gasteiger partial charge in [-0.2, -0.15) is 0 Å². The van der Waals surface area contributed by atoms with E-state index in [4.69, 9.17) is 10.5 Å². The number of anilines is 1. The Balaban J connectivity index is 1.87. The molecule has 0 aromatic heterocycles. The van der Waals surface area contributed by atoms with Gasteiger partial charge in [0.25, 0.3) is 0 Å². The van der Waals surface area contributed by atoms with Crippen LogP contribution in [-0.2, 0) is 0 Å². The maximum Gasteiger partial charge on any atom is 0.164 e. The number of ether oxygens (including phenoxy) is 1. The monoisotopic (exact) mass is 441 g/mol. The SMILES string of the molecule is COc1ccc(C(=O)CC(Sc2ccccc2N)c2cccc(Br)c2)cc1. The molecule has 2 N–H and O–H groups in total. The van der Waals surface area contributed by atoms with E-state index >= 15 is 0 Å². The van der Waals surface area contributed by atoms with Crippen molar-refractivity contribution in [3.8, 4) is 5.75 Å². The number of carbonyl (C=O) groups is 1. The maximum absolute atomic E-state index is 12.9. The largest absolute Gasteiger partial charge is 0.497 e. The summed E-state index contributed by atoms with van der Waals surface area (Å²) in [7, 11) is 1.61. The van der Waals surface area contributed by atoms with E-state index in [9.17, 15) is 4.79 Å². The molecule has 0 aliphatic heterocycles. The summed E-state index contributed by atoms with van der Waals surface area (Å²) in [5, 5.41) is -0.0400. The van der Waals surface area contributed by atoms with Crippen molar-refractivity contribution in [1.29, 1.82) is 0 Å². The van der Waals surface area contributed by atoms with Crippen LogP contribution in [0.1, 0.15) is 27.6 Å². The second kappa shape index (κ2) is 9.11. The normalized spacial score (nSPS) is 11.8. The standard InChI is InChI=1S/C22H20BrNO2S/c1-26-18-11-9-15(10-12-18)20(25)14-22(16-5-4-6-17(23)13-16)27-21-8-3-2-7-19(21)24/h2-13,22H,14,24H2,1H3. The highest BCUT2D eigenvalue weighted by atomic mass is 79.9. The van der Waals surface area contributed by atoms with Crippen molar-refractivity contribution in [3.63, 3.8) is 0 Å². The van der Waals surface area contributed by atoms with Gasteiger partial charge in [-0.3, -0.25) is 4.79 Å². The minimum Gasteiger partial charge on any atom is -0.497 e. The highest BCUT2D eigenvalue weighted by Crippen LogP contribution is 2.41. The van der Waals surface area contributed by atoms with E-state index in [0.29, 0.717) is 12.0 Å². The zero-order chi connectivity index (χ0) is 19.2. The number of ketones is 1. The van der Waals surface area contributed by atoms with Crippen LogP contribution in [-0.4, -0.2) is 12.9 Å². The summed E-state index contributed by atoms with van der Waals surface area (Å²) in [5.74, 6) is 0.825. The second-order valence-electron chi connectivity index (χ2n) is 6.06. The molecule has 0 aliphatic rings. The molecule has 3 aromatic rings. The number of nitrogen functional groups attached to an aromatic ring is 1. The van der Waals surface area contributed by atoms with Crippen molar-refractivity contribution in [1.82, 2.24) is 0 Å². The molecule has 0 bridgehead atoms. The fourth-order valence-corrected chi connectivity index (χ4v) is 4.34. The molecule has 0 saturated heterocycles. The number of carbonyl (C=O) groups excluding carboxylic acids is 1. The number of benzene rings is 3. The minimum atomic E-state index is -0.0400. The van der Waals surface area contributed by atoms with E-state index < -0.39 is 0 Å². The van der Waals surface area contributed by atoms with Gasteiger partial charge >= 0.3 is 0 Å². The molecule has 0 spiro atoms. The van der Waals surface area contributed by atoms with Crippen molar-refractivity contribution in [2.75, 3.05) is 12.8 Å². The summed E-state index contributed by atoms with van der Waals surface area (Å²) < 4.78 is 6.16. The van der Waals surface area contributed by atoms with Crippen LogP contribution >= 0.6 is 27.7 Å². The number of Topliss-reactive ketones (excluding diaryl/α,β-unsaturated/α-hetero) is 1. The van der Waals surface area contributed by atoms with Gasteiger partial charge in [-0.05, 0) is 54.1 Å². The molecular weight excluding hydrogens is 422 g/mol. The van der Waals surface area contributed by atoms with Gasteiger partial charge in [0, 0.05) is 32.3 Å². The zero-order valence-electron chi connectivity index (χ0n) is 14.9. The second-order valence-corrected chi connectivity index (χ2v) is 8.22. The fourth-order valence-electron chi connectivity index (χ4n) is 2.74. The summed E-state index contributed by atoms with van der Waals surface area (Å²) in [5.41, 5.74) is 8.60. The summed E-state index contributed by atoms with van der Waals surface area (Å²) in [6, 6.07) is 23.0. The lowest BCUT2D eigenvalue weighted by Gasteiger charge is -2.18. The third kappa shape index (κ3) is 5.15. The molecule has 1 atom stereocenters. The smallest absolute Gasteiger partial charge is 0.164 e. The Morgan fingerprint density at radius 1 is 1.07 bits per heavy atom. The number of methoxy groups -OCH3 is 1. The lowest BCUT2D eigenvalue weighted by molar-refractivity contribution is 0.0982. The summed E-state index contributed by atoms with van der Waals surface area (Å²) in [6.45, 7) is 0. The van der Waals surface area contributed by atoms with Gasteiger partial charge in [0.1, 0.15) is 5.75 Å². The van der Waals surface area contributed by atoms with Crippen LogP contribution in [0.4, 0.5) is 5.69 Å². The van der Waals surface area contributed by atoms with Gasteiger partial charge in [-0.25, -0.2) is 0 Å². The lowest BCUT2D eigenvalue weighted by atomic mass is 10.0. The molecule has 5 heteroatoms. The first kappa shape index (κ1) is 19.5. The number of hydrogen-bond acceptors (Lipinski definition) is 4. The first-order chi connectivity index (χ1) is 13.1. The lowest BCUT2D eigenvalue weighted by Crippen LogP contribution is -2.06. The third-order valence-corrected chi connectivity index (χ3v) is 6.03. The average molecular weight is 442 g/mol. The Labute approximate surface area is 172 Å². The molecule has 0 radical (unpaired) electrons. The molecule has 3 nitrogen and oxygen atoms in total. The topological polar surface area (TPSA) is 52.3 Å². The van der Waals surface area contributed by atoms with E-state index in [1.54, 1.807) is 31.0 Å². The van der Waals surface area contributed by atoms with Gasteiger partial charge in [0.15, 0.2) is 5.78 Å². The molecule has 3 rings (SSSR count). The van der Waals surface area contributed by atoms with Crippen molar-refractivity contribution < 1.29 is 9.53 Å².